The number of pyridine rings is 1. The Morgan fingerprint density at radius 2 is 1.83 bits per heavy atom. The largest absolute Gasteiger partial charge is 0.508 e. The Hall–Kier alpha value is -2.99. The number of fused-ring (bicyclic) bond motifs is 1. The molecule has 3 N–H and O–H groups in total. The number of benzene rings is 2. The molecule has 0 aliphatic carbocycles. The Balaban J connectivity index is 1.54. The van der Waals surface area contributed by atoms with E-state index in [1.165, 1.54) is 0 Å². The predicted molar refractivity (Wildman–Crippen MR) is 125 cm³/mol. The van der Waals surface area contributed by atoms with Crippen LogP contribution < -0.4 is 15.4 Å². The van der Waals surface area contributed by atoms with Crippen LogP contribution in [0.25, 0.3) is 10.9 Å². The number of anilines is 2. The molecule has 0 bridgehead atoms. The van der Waals surface area contributed by atoms with Crippen molar-refractivity contribution >= 4 is 22.3 Å². The summed E-state index contributed by atoms with van der Waals surface area (Å²) in [4.78, 5) is 6.78. The monoisotopic (exact) mass is 408 g/mol. The number of nitrogens with one attached hydrogen (secondary N) is 2. The van der Waals surface area contributed by atoms with Gasteiger partial charge in [0.1, 0.15) is 11.5 Å². The summed E-state index contributed by atoms with van der Waals surface area (Å²) in [5, 5.41) is 18.2. The summed E-state index contributed by atoms with van der Waals surface area (Å²) in [6.07, 6.45) is 2.75. The molecule has 0 aliphatic rings. The van der Waals surface area contributed by atoms with Gasteiger partial charge in [-0.1, -0.05) is 19.9 Å². The highest BCUT2D eigenvalue weighted by atomic mass is 16.5. The third-order valence-electron chi connectivity index (χ3n) is 5.28. The van der Waals surface area contributed by atoms with Crippen LogP contribution in [0.5, 0.6) is 11.5 Å². The maximum atomic E-state index is 10.2. The summed E-state index contributed by atoms with van der Waals surface area (Å²) >= 11 is 0. The minimum absolute atomic E-state index is 0.353. The first-order valence-electron chi connectivity index (χ1n) is 10.6. The summed E-state index contributed by atoms with van der Waals surface area (Å²) in [5.41, 5.74) is 3.92. The third-order valence-corrected chi connectivity index (χ3v) is 5.28. The lowest BCUT2D eigenvalue weighted by atomic mass is 10.1. The number of aromatic hydroxyl groups is 1. The predicted octanol–water partition coefficient (Wildman–Crippen LogP) is 4.70. The molecule has 0 saturated carbocycles. The number of hydrogen-bond donors (Lipinski definition) is 3. The fourth-order valence-electron chi connectivity index (χ4n) is 3.47. The van der Waals surface area contributed by atoms with E-state index in [0.717, 1.165) is 72.7 Å². The molecule has 6 nitrogen and oxygen atoms in total. The van der Waals surface area contributed by atoms with Crippen LogP contribution in [-0.4, -0.2) is 48.3 Å². The molecule has 3 rings (SSSR count). The van der Waals surface area contributed by atoms with Crippen LogP contribution in [0.2, 0.25) is 0 Å². The maximum absolute atomic E-state index is 10.2. The van der Waals surface area contributed by atoms with Crippen molar-refractivity contribution in [2.75, 3.05) is 43.9 Å². The van der Waals surface area contributed by atoms with Crippen molar-refractivity contribution in [1.29, 1.82) is 0 Å². The van der Waals surface area contributed by atoms with Crippen molar-refractivity contribution in [2.45, 2.75) is 26.8 Å². The van der Waals surface area contributed by atoms with Crippen molar-refractivity contribution < 1.29 is 9.84 Å². The van der Waals surface area contributed by atoms with Crippen LogP contribution >= 0.6 is 0 Å². The van der Waals surface area contributed by atoms with Gasteiger partial charge in [-0.15, -0.1) is 0 Å². The number of methoxy groups -OCH3 is 1. The van der Waals surface area contributed by atoms with Crippen LogP contribution in [0, 0.1) is 0 Å². The minimum atomic E-state index is 0.353. The molecule has 2 aromatic carbocycles. The second kappa shape index (κ2) is 10.7. The molecule has 0 fully saturated rings. The Morgan fingerprint density at radius 3 is 2.60 bits per heavy atom. The zero-order valence-electron chi connectivity index (χ0n) is 18.1. The standard InChI is InChI=1S/C24H32N4O2/c1-4-28(5-2)17-19-14-20(9-10-23(19)29)25-12-7-13-26-22-16-21(30-3)15-18-8-6-11-27-24(18)22/h6,8-11,14-16,25-26,29H,4-5,7,12-13,17H2,1-3H3. The van der Waals surface area contributed by atoms with Crippen molar-refractivity contribution in [2.24, 2.45) is 0 Å². The summed E-state index contributed by atoms with van der Waals surface area (Å²) in [5.74, 6) is 1.17. The van der Waals surface area contributed by atoms with Crippen LogP contribution in [0.15, 0.2) is 48.7 Å². The molecule has 1 heterocycles. The molecule has 30 heavy (non-hydrogen) atoms. The molecular formula is C24H32N4O2. The van der Waals surface area contributed by atoms with Gasteiger partial charge in [0.25, 0.3) is 0 Å². The Labute approximate surface area is 178 Å². The number of phenols is 1. The molecule has 0 saturated heterocycles. The average Bonchev–Trinajstić information content (AvgIpc) is 2.78. The lowest BCUT2D eigenvalue weighted by Gasteiger charge is -2.19. The normalized spacial score (nSPS) is 11.1. The first kappa shape index (κ1) is 21.7. The smallest absolute Gasteiger partial charge is 0.121 e. The summed E-state index contributed by atoms with van der Waals surface area (Å²) in [6, 6.07) is 13.7. The molecule has 0 aliphatic heterocycles. The summed E-state index contributed by atoms with van der Waals surface area (Å²) in [7, 11) is 1.68. The highest BCUT2D eigenvalue weighted by molar-refractivity contribution is 5.91. The molecule has 0 unspecified atom stereocenters. The van der Waals surface area contributed by atoms with Gasteiger partial charge >= 0.3 is 0 Å². The van der Waals surface area contributed by atoms with Crippen LogP contribution in [0.3, 0.4) is 0 Å². The van der Waals surface area contributed by atoms with Crippen LogP contribution in [-0.2, 0) is 6.54 Å². The van der Waals surface area contributed by atoms with Crippen molar-refractivity contribution in [3.8, 4) is 11.5 Å². The lowest BCUT2D eigenvalue weighted by molar-refractivity contribution is 0.291. The van der Waals surface area contributed by atoms with Gasteiger partial charge in [0.15, 0.2) is 0 Å². The van der Waals surface area contributed by atoms with E-state index in [0.29, 0.717) is 5.75 Å². The topological polar surface area (TPSA) is 69.7 Å². The fraction of sp³-hybridized carbons (Fsp3) is 0.375. The van der Waals surface area contributed by atoms with Gasteiger partial charge in [0.05, 0.1) is 18.3 Å². The number of ether oxygens (including phenoxy) is 1. The highest BCUT2D eigenvalue weighted by Crippen LogP contribution is 2.27. The summed E-state index contributed by atoms with van der Waals surface area (Å²) < 4.78 is 5.41. The van der Waals surface area contributed by atoms with Gasteiger partial charge < -0.3 is 20.5 Å². The highest BCUT2D eigenvalue weighted by Gasteiger charge is 2.08. The number of nitrogens with zero attached hydrogens (tertiary/aromatic N) is 2. The van der Waals surface area contributed by atoms with E-state index in [9.17, 15) is 5.11 Å². The SMILES string of the molecule is CCN(CC)Cc1cc(NCCCNc2cc(OC)cc3cccnc23)ccc1O. The summed E-state index contributed by atoms with van der Waals surface area (Å²) in [6.45, 7) is 8.60. The second-order valence-corrected chi connectivity index (χ2v) is 7.26. The lowest BCUT2D eigenvalue weighted by Crippen LogP contribution is -2.22. The van der Waals surface area contributed by atoms with Gasteiger partial charge in [-0.05, 0) is 49.8 Å². The second-order valence-electron chi connectivity index (χ2n) is 7.26. The molecule has 0 spiro atoms. The molecular weight excluding hydrogens is 376 g/mol. The van der Waals surface area contributed by atoms with E-state index >= 15 is 0 Å². The average molecular weight is 409 g/mol. The van der Waals surface area contributed by atoms with Crippen LogP contribution in [0.4, 0.5) is 11.4 Å². The minimum Gasteiger partial charge on any atom is -0.508 e. The number of phenolic OH excluding ortho intramolecular Hbond substituents is 1. The maximum Gasteiger partial charge on any atom is 0.121 e. The van der Waals surface area contributed by atoms with Crippen molar-refractivity contribution in [1.82, 2.24) is 9.88 Å². The number of rotatable bonds is 11. The molecule has 6 heteroatoms. The zero-order valence-corrected chi connectivity index (χ0v) is 18.1. The molecule has 0 radical (unpaired) electrons. The third kappa shape index (κ3) is 5.54. The quantitative estimate of drug-likeness (QED) is 0.315. The first-order valence-corrected chi connectivity index (χ1v) is 10.6. The molecule has 3 aromatic rings. The van der Waals surface area contributed by atoms with Gasteiger partial charge in [-0.3, -0.25) is 9.88 Å². The number of hydrogen-bond acceptors (Lipinski definition) is 6. The van der Waals surface area contributed by atoms with Crippen molar-refractivity contribution in [3.05, 3.63) is 54.2 Å². The van der Waals surface area contributed by atoms with E-state index in [-0.39, 0.29) is 0 Å². The van der Waals surface area contributed by atoms with E-state index in [1.807, 2.05) is 42.6 Å². The van der Waals surface area contributed by atoms with Gasteiger partial charge in [-0.25, -0.2) is 0 Å². The molecule has 0 amide bonds. The Kier molecular flexibility index (Phi) is 7.74. The van der Waals surface area contributed by atoms with Crippen molar-refractivity contribution in [3.63, 3.8) is 0 Å². The van der Waals surface area contributed by atoms with E-state index in [1.54, 1.807) is 13.2 Å². The van der Waals surface area contributed by atoms with Gasteiger partial charge in [0.2, 0.25) is 0 Å². The molecule has 160 valence electrons. The Morgan fingerprint density at radius 1 is 1.03 bits per heavy atom. The molecule has 0 atom stereocenters. The Bertz CT molecular complexity index is 957. The van der Waals surface area contributed by atoms with Gasteiger partial charge in [0, 0.05) is 48.5 Å². The van der Waals surface area contributed by atoms with E-state index in [2.05, 4.69) is 34.4 Å². The van der Waals surface area contributed by atoms with E-state index < -0.39 is 0 Å². The number of aromatic nitrogens is 1. The van der Waals surface area contributed by atoms with E-state index in [4.69, 9.17) is 4.74 Å². The van der Waals surface area contributed by atoms with Gasteiger partial charge in [-0.2, -0.15) is 0 Å². The fourth-order valence-corrected chi connectivity index (χ4v) is 3.47. The zero-order chi connectivity index (χ0) is 21.3. The molecule has 1 aromatic heterocycles. The first-order chi connectivity index (χ1) is 14.6. The van der Waals surface area contributed by atoms with Crippen LogP contribution in [0.1, 0.15) is 25.8 Å².